The Bertz CT molecular complexity index is 473. The smallest absolute Gasteiger partial charge is 0.305 e. The van der Waals surface area contributed by atoms with E-state index in [1.807, 2.05) is 0 Å². The molecule has 1 aromatic carbocycles. The predicted molar refractivity (Wildman–Crippen MR) is 64.7 cm³/mol. The Morgan fingerprint density at radius 1 is 1.47 bits per heavy atom. The highest BCUT2D eigenvalue weighted by molar-refractivity contribution is 6.31. The third-order valence-electron chi connectivity index (χ3n) is 2.25. The van der Waals surface area contributed by atoms with Crippen molar-refractivity contribution in [2.45, 2.75) is 11.8 Å². The molecule has 1 atom stereocenters. The van der Waals surface area contributed by atoms with Gasteiger partial charge in [-0.3, -0.25) is 4.79 Å². The van der Waals surface area contributed by atoms with E-state index in [9.17, 15) is 22.4 Å². The Balaban J connectivity index is 3.17. The zero-order valence-electron chi connectivity index (χ0n) is 9.62. The number of rotatable bonds is 4. The first-order chi connectivity index (χ1) is 8.77. The normalized spacial score (nSPS) is 12.9. The van der Waals surface area contributed by atoms with Gasteiger partial charge in [-0.15, -0.1) is 6.58 Å². The molecule has 0 saturated carbocycles. The minimum Gasteiger partial charge on any atom is -0.305 e. The van der Waals surface area contributed by atoms with Crippen LogP contribution in [0.2, 0.25) is 0 Å². The molecule has 0 bridgehead atoms. The average Bonchev–Trinajstić information content (AvgIpc) is 2.34. The van der Waals surface area contributed by atoms with Crippen LogP contribution in [0.3, 0.4) is 0 Å². The van der Waals surface area contributed by atoms with E-state index in [1.165, 1.54) is 12.1 Å². The first-order valence-corrected chi connectivity index (χ1v) is 5.58. The summed E-state index contributed by atoms with van der Waals surface area (Å²) in [6, 6.07) is 3.99. The molecule has 19 heavy (non-hydrogen) atoms. The molecule has 0 fully saturated rings. The highest BCUT2D eigenvalue weighted by atomic mass is 35.5. The van der Waals surface area contributed by atoms with Gasteiger partial charge in [-0.2, -0.15) is 13.2 Å². The van der Waals surface area contributed by atoms with Crippen molar-refractivity contribution in [1.29, 1.82) is 0 Å². The van der Waals surface area contributed by atoms with Crippen LogP contribution in [0.25, 0.3) is 0 Å². The van der Waals surface area contributed by atoms with Crippen LogP contribution in [-0.4, -0.2) is 18.1 Å². The minimum atomic E-state index is -4.55. The molecule has 1 aromatic rings. The summed E-state index contributed by atoms with van der Waals surface area (Å²) in [5, 5.41) is 0. The number of hydrogen-bond acceptors (Lipinski definition) is 1. The van der Waals surface area contributed by atoms with Gasteiger partial charge in [-0.25, -0.2) is 4.39 Å². The van der Waals surface area contributed by atoms with Gasteiger partial charge in [0, 0.05) is 12.2 Å². The van der Waals surface area contributed by atoms with Crippen molar-refractivity contribution in [3.05, 3.63) is 42.5 Å². The monoisotopic (exact) mass is 295 g/mol. The summed E-state index contributed by atoms with van der Waals surface area (Å²) in [7, 11) is 0. The number of hydrogen-bond donors (Lipinski definition) is 0. The molecule has 0 aliphatic rings. The Morgan fingerprint density at radius 3 is 2.58 bits per heavy atom. The summed E-state index contributed by atoms with van der Waals surface area (Å²) in [6.07, 6.45) is -3.29. The summed E-state index contributed by atoms with van der Waals surface area (Å²) < 4.78 is 50.5. The molecular formula is C12H10ClF4NO. The largest absolute Gasteiger partial charge is 0.416 e. The highest BCUT2D eigenvalue weighted by Crippen LogP contribution is 2.31. The van der Waals surface area contributed by atoms with Crippen LogP contribution in [0.4, 0.5) is 23.2 Å². The SMILES string of the molecule is C=CCN(C(=O)C(F)Cl)c1cccc(C(F)(F)F)c1. The van der Waals surface area contributed by atoms with Crippen LogP contribution in [-0.2, 0) is 11.0 Å². The molecule has 2 nitrogen and oxygen atoms in total. The van der Waals surface area contributed by atoms with E-state index in [-0.39, 0.29) is 12.2 Å². The third kappa shape index (κ3) is 3.96. The molecule has 1 unspecified atom stereocenters. The van der Waals surface area contributed by atoms with Gasteiger partial charge in [-0.05, 0) is 18.2 Å². The number of amides is 1. The van der Waals surface area contributed by atoms with Crippen LogP contribution in [0.1, 0.15) is 5.56 Å². The lowest BCUT2D eigenvalue weighted by atomic mass is 10.1. The van der Waals surface area contributed by atoms with Crippen LogP contribution in [0.15, 0.2) is 36.9 Å². The van der Waals surface area contributed by atoms with E-state index in [2.05, 4.69) is 6.58 Å². The zero-order valence-corrected chi connectivity index (χ0v) is 10.4. The first-order valence-electron chi connectivity index (χ1n) is 5.15. The van der Waals surface area contributed by atoms with Crippen molar-refractivity contribution in [2.24, 2.45) is 0 Å². The van der Waals surface area contributed by atoms with E-state index in [0.29, 0.717) is 0 Å². The Hall–Kier alpha value is -1.56. The van der Waals surface area contributed by atoms with Gasteiger partial charge in [-0.1, -0.05) is 23.7 Å². The number of benzene rings is 1. The molecule has 0 radical (unpaired) electrons. The third-order valence-corrected chi connectivity index (χ3v) is 2.44. The summed E-state index contributed by atoms with van der Waals surface area (Å²) in [5.41, 5.74) is -3.35. The number of halogens is 5. The average molecular weight is 296 g/mol. The Morgan fingerprint density at radius 2 is 2.11 bits per heavy atom. The number of anilines is 1. The van der Waals surface area contributed by atoms with Gasteiger partial charge in [0.05, 0.1) is 5.56 Å². The number of carbonyl (C=O) groups is 1. The predicted octanol–water partition coefficient (Wildman–Crippen LogP) is 3.76. The highest BCUT2D eigenvalue weighted by Gasteiger charge is 2.31. The maximum absolute atomic E-state index is 12.8. The van der Waals surface area contributed by atoms with Crippen molar-refractivity contribution in [2.75, 3.05) is 11.4 Å². The van der Waals surface area contributed by atoms with E-state index in [4.69, 9.17) is 11.6 Å². The second kappa shape index (κ2) is 6.06. The zero-order chi connectivity index (χ0) is 14.6. The Labute approximate surface area is 112 Å². The van der Waals surface area contributed by atoms with Gasteiger partial charge in [0.1, 0.15) is 0 Å². The summed E-state index contributed by atoms with van der Waals surface area (Å²) in [5.74, 6) is -1.14. The quantitative estimate of drug-likeness (QED) is 0.470. The van der Waals surface area contributed by atoms with Crippen molar-refractivity contribution >= 4 is 23.2 Å². The molecule has 0 saturated heterocycles. The topological polar surface area (TPSA) is 20.3 Å². The number of carbonyl (C=O) groups excluding carboxylic acids is 1. The van der Waals surface area contributed by atoms with Crippen molar-refractivity contribution in [1.82, 2.24) is 0 Å². The van der Waals surface area contributed by atoms with Gasteiger partial charge in [0.15, 0.2) is 0 Å². The Kier molecular flexibility index (Phi) is 4.94. The van der Waals surface area contributed by atoms with Crippen molar-refractivity contribution < 1.29 is 22.4 Å². The van der Waals surface area contributed by atoms with Gasteiger partial charge in [0.25, 0.3) is 11.5 Å². The second-order valence-corrected chi connectivity index (χ2v) is 3.97. The fourth-order valence-electron chi connectivity index (χ4n) is 1.42. The lowest BCUT2D eigenvalue weighted by Crippen LogP contribution is -2.35. The second-order valence-electron chi connectivity index (χ2n) is 3.59. The molecule has 0 aliphatic carbocycles. The van der Waals surface area contributed by atoms with Gasteiger partial charge in [0.2, 0.25) is 0 Å². The van der Waals surface area contributed by atoms with E-state index < -0.39 is 23.3 Å². The summed E-state index contributed by atoms with van der Waals surface area (Å²) in [6.45, 7) is 3.21. The molecular weight excluding hydrogens is 286 g/mol. The molecule has 0 aromatic heterocycles. The molecule has 104 valence electrons. The number of nitrogens with zero attached hydrogens (tertiary/aromatic N) is 1. The summed E-state index contributed by atoms with van der Waals surface area (Å²) in [4.78, 5) is 12.3. The molecule has 1 amide bonds. The molecule has 0 spiro atoms. The van der Waals surface area contributed by atoms with Crippen LogP contribution >= 0.6 is 11.6 Å². The van der Waals surface area contributed by atoms with Crippen molar-refractivity contribution in [3.63, 3.8) is 0 Å². The standard InChI is InChI=1S/C12H10ClF4NO/c1-2-6-18(11(19)10(13)14)9-5-3-4-8(7-9)12(15,16)17/h2-5,7,10H,1,6H2. The van der Waals surface area contributed by atoms with Crippen LogP contribution in [0, 0.1) is 0 Å². The van der Waals surface area contributed by atoms with Crippen LogP contribution in [0.5, 0.6) is 0 Å². The number of alkyl halides is 5. The fraction of sp³-hybridized carbons (Fsp3) is 0.250. The molecule has 0 N–H and O–H groups in total. The summed E-state index contributed by atoms with van der Waals surface area (Å²) >= 11 is 5.02. The maximum atomic E-state index is 12.8. The minimum absolute atomic E-state index is 0.0944. The van der Waals surface area contributed by atoms with Crippen LogP contribution < -0.4 is 4.90 Å². The van der Waals surface area contributed by atoms with E-state index in [0.717, 1.165) is 23.1 Å². The molecule has 7 heteroatoms. The lowest BCUT2D eigenvalue weighted by Gasteiger charge is -2.22. The van der Waals surface area contributed by atoms with E-state index >= 15 is 0 Å². The maximum Gasteiger partial charge on any atom is 0.416 e. The molecule has 1 rings (SSSR count). The molecule has 0 aliphatic heterocycles. The first kappa shape index (κ1) is 15.5. The van der Waals surface area contributed by atoms with Gasteiger partial charge < -0.3 is 4.90 Å². The molecule has 0 heterocycles. The fourth-order valence-corrected chi connectivity index (χ4v) is 1.54. The van der Waals surface area contributed by atoms with E-state index in [1.54, 1.807) is 0 Å². The van der Waals surface area contributed by atoms with Crippen molar-refractivity contribution in [3.8, 4) is 0 Å². The lowest BCUT2D eigenvalue weighted by molar-refractivity contribution is -0.137. The van der Waals surface area contributed by atoms with Gasteiger partial charge >= 0.3 is 6.18 Å².